The normalized spacial score (nSPS) is 10.5. The van der Waals surface area contributed by atoms with Crippen LogP contribution in [0.25, 0.3) is 0 Å². The Morgan fingerprint density at radius 1 is 1.14 bits per heavy atom. The highest BCUT2D eigenvalue weighted by atomic mass is 35.5. The molecule has 0 atom stereocenters. The minimum Gasteiger partial charge on any atom is -0.354 e. The van der Waals surface area contributed by atoms with Crippen molar-refractivity contribution in [3.63, 3.8) is 0 Å². The van der Waals surface area contributed by atoms with Crippen LogP contribution in [0.3, 0.4) is 0 Å². The van der Waals surface area contributed by atoms with Gasteiger partial charge in [-0.1, -0.05) is 25.4 Å². The standard InChI is InChI=1S/C16H18ClN3O/c1-11(2)9-16(21)20-15-8-7-14(10-18-15)19-13-5-3-12(17)4-6-13/h3-8,10-11,19H,9H2,1-2H3,(H,18,20,21). The van der Waals surface area contributed by atoms with Crippen LogP contribution in [-0.4, -0.2) is 10.9 Å². The van der Waals surface area contributed by atoms with Gasteiger partial charge in [-0.15, -0.1) is 0 Å². The van der Waals surface area contributed by atoms with E-state index in [9.17, 15) is 4.79 Å². The maximum atomic E-state index is 11.7. The lowest BCUT2D eigenvalue weighted by Gasteiger charge is -2.09. The topological polar surface area (TPSA) is 54.0 Å². The van der Waals surface area contributed by atoms with E-state index in [4.69, 9.17) is 11.6 Å². The van der Waals surface area contributed by atoms with Crippen molar-refractivity contribution in [3.8, 4) is 0 Å². The molecule has 21 heavy (non-hydrogen) atoms. The Labute approximate surface area is 129 Å². The highest BCUT2D eigenvalue weighted by Gasteiger charge is 2.06. The number of aromatic nitrogens is 1. The SMILES string of the molecule is CC(C)CC(=O)Nc1ccc(Nc2ccc(Cl)cc2)cn1. The van der Waals surface area contributed by atoms with E-state index in [1.807, 2.05) is 44.2 Å². The van der Waals surface area contributed by atoms with Crippen LogP contribution in [-0.2, 0) is 4.79 Å². The zero-order valence-corrected chi connectivity index (χ0v) is 12.8. The zero-order valence-electron chi connectivity index (χ0n) is 12.1. The van der Waals surface area contributed by atoms with Gasteiger partial charge in [0.15, 0.2) is 0 Å². The fourth-order valence-electron chi connectivity index (χ4n) is 1.81. The summed E-state index contributed by atoms with van der Waals surface area (Å²) in [4.78, 5) is 15.9. The van der Waals surface area contributed by atoms with Crippen molar-refractivity contribution >= 4 is 34.7 Å². The quantitative estimate of drug-likeness (QED) is 0.857. The van der Waals surface area contributed by atoms with Gasteiger partial charge in [0.1, 0.15) is 5.82 Å². The van der Waals surface area contributed by atoms with E-state index in [1.54, 1.807) is 12.3 Å². The zero-order chi connectivity index (χ0) is 15.2. The van der Waals surface area contributed by atoms with Crippen LogP contribution in [0, 0.1) is 5.92 Å². The fourth-order valence-corrected chi connectivity index (χ4v) is 1.93. The number of pyridine rings is 1. The Hall–Kier alpha value is -2.07. The van der Waals surface area contributed by atoms with Gasteiger partial charge in [0.25, 0.3) is 0 Å². The summed E-state index contributed by atoms with van der Waals surface area (Å²) in [5.41, 5.74) is 1.77. The summed E-state index contributed by atoms with van der Waals surface area (Å²) in [7, 11) is 0. The van der Waals surface area contributed by atoms with Crippen molar-refractivity contribution in [1.29, 1.82) is 0 Å². The van der Waals surface area contributed by atoms with Gasteiger partial charge in [-0.3, -0.25) is 4.79 Å². The Bertz CT molecular complexity index is 594. The summed E-state index contributed by atoms with van der Waals surface area (Å²) >= 11 is 5.84. The first-order chi connectivity index (χ1) is 10.0. The molecule has 2 N–H and O–H groups in total. The maximum Gasteiger partial charge on any atom is 0.225 e. The highest BCUT2D eigenvalue weighted by Crippen LogP contribution is 2.19. The lowest BCUT2D eigenvalue weighted by molar-refractivity contribution is -0.116. The lowest BCUT2D eigenvalue weighted by Crippen LogP contribution is -2.14. The maximum absolute atomic E-state index is 11.7. The molecule has 2 aromatic rings. The monoisotopic (exact) mass is 303 g/mol. The summed E-state index contributed by atoms with van der Waals surface area (Å²) in [6.07, 6.45) is 2.17. The molecule has 0 aliphatic carbocycles. The third-order valence-electron chi connectivity index (χ3n) is 2.76. The van der Waals surface area contributed by atoms with Crippen LogP contribution in [0.15, 0.2) is 42.6 Å². The van der Waals surface area contributed by atoms with Gasteiger partial charge < -0.3 is 10.6 Å². The average molecular weight is 304 g/mol. The smallest absolute Gasteiger partial charge is 0.225 e. The minimum atomic E-state index is -0.0177. The third-order valence-corrected chi connectivity index (χ3v) is 3.01. The molecule has 4 nitrogen and oxygen atoms in total. The summed E-state index contributed by atoms with van der Waals surface area (Å²) in [5, 5.41) is 6.68. The van der Waals surface area contributed by atoms with Gasteiger partial charge in [-0.2, -0.15) is 0 Å². The summed E-state index contributed by atoms with van der Waals surface area (Å²) < 4.78 is 0. The molecule has 1 aromatic heterocycles. The van der Waals surface area contributed by atoms with E-state index in [0.29, 0.717) is 23.2 Å². The molecular weight excluding hydrogens is 286 g/mol. The van der Waals surface area contributed by atoms with E-state index in [0.717, 1.165) is 11.4 Å². The van der Waals surface area contributed by atoms with Gasteiger partial charge in [0.2, 0.25) is 5.91 Å². The van der Waals surface area contributed by atoms with Crippen LogP contribution in [0.5, 0.6) is 0 Å². The lowest BCUT2D eigenvalue weighted by atomic mass is 10.1. The Balaban J connectivity index is 1.95. The third kappa shape index (κ3) is 5.08. The summed E-state index contributed by atoms with van der Waals surface area (Å²) in [5.74, 6) is 0.870. The fraction of sp³-hybridized carbons (Fsp3) is 0.250. The molecule has 0 aliphatic rings. The van der Waals surface area contributed by atoms with Crippen LogP contribution in [0.2, 0.25) is 5.02 Å². The second-order valence-corrected chi connectivity index (χ2v) is 5.65. The highest BCUT2D eigenvalue weighted by molar-refractivity contribution is 6.30. The number of halogens is 1. The van der Waals surface area contributed by atoms with Crippen molar-refractivity contribution < 1.29 is 4.79 Å². The first-order valence-electron chi connectivity index (χ1n) is 6.81. The Morgan fingerprint density at radius 3 is 2.38 bits per heavy atom. The number of benzene rings is 1. The molecule has 0 aliphatic heterocycles. The number of nitrogens with zero attached hydrogens (tertiary/aromatic N) is 1. The van der Waals surface area contributed by atoms with Crippen molar-refractivity contribution in [1.82, 2.24) is 4.98 Å². The average Bonchev–Trinajstić information content (AvgIpc) is 2.42. The number of anilines is 3. The second kappa shape index (κ2) is 7.09. The molecule has 0 unspecified atom stereocenters. The predicted molar refractivity (Wildman–Crippen MR) is 87.1 cm³/mol. The van der Waals surface area contributed by atoms with Crippen molar-refractivity contribution in [2.45, 2.75) is 20.3 Å². The molecule has 0 spiro atoms. The van der Waals surface area contributed by atoms with Gasteiger partial charge in [-0.25, -0.2) is 4.98 Å². The minimum absolute atomic E-state index is 0.0177. The van der Waals surface area contributed by atoms with E-state index >= 15 is 0 Å². The molecule has 1 heterocycles. The van der Waals surface area contributed by atoms with Gasteiger partial charge in [-0.05, 0) is 42.3 Å². The molecule has 0 bridgehead atoms. The Morgan fingerprint density at radius 2 is 1.81 bits per heavy atom. The molecular formula is C16H18ClN3O. The number of nitrogens with one attached hydrogen (secondary N) is 2. The number of rotatable bonds is 5. The van der Waals surface area contributed by atoms with Crippen LogP contribution < -0.4 is 10.6 Å². The first kappa shape index (κ1) is 15.3. The van der Waals surface area contributed by atoms with Crippen molar-refractivity contribution in [2.24, 2.45) is 5.92 Å². The Kier molecular flexibility index (Phi) is 5.17. The van der Waals surface area contributed by atoms with E-state index in [2.05, 4.69) is 15.6 Å². The van der Waals surface area contributed by atoms with E-state index in [-0.39, 0.29) is 5.91 Å². The van der Waals surface area contributed by atoms with Crippen LogP contribution >= 0.6 is 11.6 Å². The summed E-state index contributed by atoms with van der Waals surface area (Å²) in [6.45, 7) is 4.01. The number of amides is 1. The molecule has 1 aromatic carbocycles. The van der Waals surface area contributed by atoms with E-state index < -0.39 is 0 Å². The van der Waals surface area contributed by atoms with E-state index in [1.165, 1.54) is 0 Å². The first-order valence-corrected chi connectivity index (χ1v) is 7.19. The van der Waals surface area contributed by atoms with Gasteiger partial charge in [0.05, 0.1) is 11.9 Å². The van der Waals surface area contributed by atoms with Gasteiger partial charge >= 0.3 is 0 Å². The summed E-state index contributed by atoms with van der Waals surface area (Å²) in [6, 6.07) is 11.1. The van der Waals surface area contributed by atoms with Gasteiger partial charge in [0, 0.05) is 17.1 Å². The predicted octanol–water partition coefficient (Wildman–Crippen LogP) is 4.46. The second-order valence-electron chi connectivity index (χ2n) is 5.21. The van der Waals surface area contributed by atoms with Crippen molar-refractivity contribution in [2.75, 3.05) is 10.6 Å². The molecule has 0 radical (unpaired) electrons. The molecule has 1 amide bonds. The van der Waals surface area contributed by atoms with Crippen LogP contribution in [0.4, 0.5) is 17.2 Å². The largest absolute Gasteiger partial charge is 0.354 e. The number of carbonyl (C=O) groups excluding carboxylic acids is 1. The molecule has 2 rings (SSSR count). The number of hydrogen-bond donors (Lipinski definition) is 2. The number of carbonyl (C=O) groups is 1. The number of hydrogen-bond acceptors (Lipinski definition) is 3. The van der Waals surface area contributed by atoms with Crippen molar-refractivity contribution in [3.05, 3.63) is 47.6 Å². The molecule has 0 fully saturated rings. The molecule has 5 heteroatoms. The molecule has 0 saturated carbocycles. The molecule has 0 saturated heterocycles. The molecule has 110 valence electrons. The van der Waals surface area contributed by atoms with Crippen LogP contribution in [0.1, 0.15) is 20.3 Å².